The van der Waals surface area contributed by atoms with Crippen molar-refractivity contribution in [3.8, 4) is 17.4 Å². The van der Waals surface area contributed by atoms with Crippen molar-refractivity contribution < 1.29 is 17.9 Å². The summed E-state index contributed by atoms with van der Waals surface area (Å²) in [6.07, 6.45) is 3.15. The largest absolute Gasteiger partial charge is 0.494 e. The third-order valence-corrected chi connectivity index (χ3v) is 5.46. The molecule has 1 heterocycles. The molecule has 1 aromatic heterocycles. The van der Waals surface area contributed by atoms with Crippen LogP contribution < -0.4 is 14.2 Å². The summed E-state index contributed by atoms with van der Waals surface area (Å²) in [5.41, 5.74) is 0.771. The predicted molar refractivity (Wildman–Crippen MR) is 110 cm³/mol. The number of aromatic nitrogens is 1. The summed E-state index contributed by atoms with van der Waals surface area (Å²) in [5.74, 6) is 1.81. The summed E-state index contributed by atoms with van der Waals surface area (Å²) in [4.78, 5) is 4.19. The van der Waals surface area contributed by atoms with Crippen LogP contribution in [0.2, 0.25) is 0 Å². The number of ether oxygens (including phenoxy) is 2. The van der Waals surface area contributed by atoms with Crippen LogP contribution in [0.4, 0.5) is 0 Å². The molecule has 0 radical (unpaired) electrons. The lowest BCUT2D eigenvalue weighted by Crippen LogP contribution is -2.41. The van der Waals surface area contributed by atoms with Crippen LogP contribution in [0.1, 0.15) is 39.2 Å². The Morgan fingerprint density at radius 3 is 2.25 bits per heavy atom. The van der Waals surface area contributed by atoms with E-state index < -0.39 is 10.2 Å². The minimum absolute atomic E-state index is 0.175. The van der Waals surface area contributed by atoms with Gasteiger partial charge in [-0.2, -0.15) is 17.4 Å². The van der Waals surface area contributed by atoms with Crippen molar-refractivity contribution in [1.29, 1.82) is 0 Å². The normalized spacial score (nSPS) is 11.6. The summed E-state index contributed by atoms with van der Waals surface area (Å²) in [5, 5.41) is 0. The molecule has 0 spiro atoms. The fraction of sp³-hybridized carbons (Fsp3) is 0.450. The van der Waals surface area contributed by atoms with Gasteiger partial charge in [0, 0.05) is 31.9 Å². The molecule has 0 saturated heterocycles. The summed E-state index contributed by atoms with van der Waals surface area (Å²) in [7, 11) is -3.52. The smallest absolute Gasteiger partial charge is 0.279 e. The molecule has 0 saturated carbocycles. The zero-order chi connectivity index (χ0) is 20.4. The van der Waals surface area contributed by atoms with Gasteiger partial charge in [-0.15, -0.1) is 0 Å². The molecule has 0 bridgehead atoms. The first-order valence-electron chi connectivity index (χ1n) is 9.58. The van der Waals surface area contributed by atoms with Crippen molar-refractivity contribution in [1.82, 2.24) is 14.0 Å². The lowest BCUT2D eigenvalue weighted by Gasteiger charge is -2.21. The van der Waals surface area contributed by atoms with Gasteiger partial charge in [-0.1, -0.05) is 13.8 Å². The first-order valence-corrected chi connectivity index (χ1v) is 11.0. The summed E-state index contributed by atoms with van der Waals surface area (Å²) in [6, 6.07) is 10.7. The first-order chi connectivity index (χ1) is 13.5. The highest BCUT2D eigenvalue weighted by molar-refractivity contribution is 7.87. The number of rotatable bonds is 12. The minimum atomic E-state index is -3.52. The summed E-state index contributed by atoms with van der Waals surface area (Å²) >= 11 is 0. The molecule has 0 aliphatic heterocycles. The van der Waals surface area contributed by atoms with E-state index in [1.165, 1.54) is 4.31 Å². The van der Waals surface area contributed by atoms with E-state index in [0.29, 0.717) is 31.3 Å². The highest BCUT2D eigenvalue weighted by Crippen LogP contribution is 2.23. The number of nitrogens with one attached hydrogen (secondary N) is 1. The van der Waals surface area contributed by atoms with Crippen molar-refractivity contribution in [2.24, 2.45) is 0 Å². The van der Waals surface area contributed by atoms with Crippen LogP contribution >= 0.6 is 0 Å². The highest BCUT2D eigenvalue weighted by atomic mass is 32.2. The number of nitrogens with zero attached hydrogens (tertiary/aromatic N) is 2. The zero-order valence-corrected chi connectivity index (χ0v) is 17.5. The van der Waals surface area contributed by atoms with Gasteiger partial charge in [0.25, 0.3) is 10.2 Å². The second-order valence-corrected chi connectivity index (χ2v) is 7.99. The SMILES string of the molecule is CCCN(CCC)S(=O)(=O)NCc1ccnc(Oc2ccc(OCC)cc2)c1. The Labute approximate surface area is 167 Å². The summed E-state index contributed by atoms with van der Waals surface area (Å²) in [6.45, 7) is 7.65. The van der Waals surface area contributed by atoms with E-state index in [0.717, 1.165) is 24.2 Å². The molecule has 0 aliphatic rings. The second-order valence-electron chi connectivity index (χ2n) is 6.23. The molecule has 8 heteroatoms. The quantitative estimate of drug-likeness (QED) is 0.580. The molecular weight excluding hydrogens is 378 g/mol. The lowest BCUT2D eigenvalue weighted by molar-refractivity contribution is 0.339. The van der Waals surface area contributed by atoms with Gasteiger partial charge in [-0.25, -0.2) is 4.98 Å². The highest BCUT2D eigenvalue weighted by Gasteiger charge is 2.19. The number of benzene rings is 1. The fourth-order valence-electron chi connectivity index (χ4n) is 2.62. The third-order valence-electron chi connectivity index (χ3n) is 3.90. The Bertz CT molecular complexity index is 820. The topological polar surface area (TPSA) is 80.8 Å². The van der Waals surface area contributed by atoms with E-state index >= 15 is 0 Å². The van der Waals surface area contributed by atoms with Crippen molar-refractivity contribution in [2.75, 3.05) is 19.7 Å². The monoisotopic (exact) mass is 407 g/mol. The number of hydrogen-bond donors (Lipinski definition) is 1. The van der Waals surface area contributed by atoms with Gasteiger partial charge in [-0.3, -0.25) is 0 Å². The Balaban J connectivity index is 2.00. The van der Waals surface area contributed by atoms with E-state index in [2.05, 4.69) is 9.71 Å². The molecule has 2 aromatic rings. The minimum Gasteiger partial charge on any atom is -0.494 e. The molecule has 2 rings (SSSR count). The second kappa shape index (κ2) is 11.0. The molecule has 1 aromatic carbocycles. The Hall–Kier alpha value is -2.16. The van der Waals surface area contributed by atoms with Crippen LogP contribution in [0.15, 0.2) is 42.6 Å². The van der Waals surface area contributed by atoms with E-state index in [4.69, 9.17) is 9.47 Å². The Morgan fingerprint density at radius 1 is 1.00 bits per heavy atom. The standard InChI is InChI=1S/C20H29N3O4S/c1-4-13-23(14-5-2)28(24,25)22-16-17-11-12-21-20(15-17)27-19-9-7-18(8-10-19)26-6-3/h7-12,15,22H,4-6,13-14,16H2,1-3H3. The van der Waals surface area contributed by atoms with E-state index in [1.807, 2.05) is 32.9 Å². The predicted octanol–water partition coefficient (Wildman–Crippen LogP) is 3.73. The van der Waals surface area contributed by atoms with Crippen LogP contribution in [0, 0.1) is 0 Å². The van der Waals surface area contributed by atoms with Crippen LogP contribution in [0.25, 0.3) is 0 Å². The van der Waals surface area contributed by atoms with Crippen LogP contribution in [0.5, 0.6) is 17.4 Å². The van der Waals surface area contributed by atoms with Crippen molar-refractivity contribution >= 4 is 10.2 Å². The molecule has 0 atom stereocenters. The maximum absolute atomic E-state index is 12.5. The molecule has 28 heavy (non-hydrogen) atoms. The van der Waals surface area contributed by atoms with Crippen LogP contribution in [-0.2, 0) is 16.8 Å². The molecule has 1 N–H and O–H groups in total. The Morgan fingerprint density at radius 2 is 1.64 bits per heavy atom. The third kappa shape index (κ3) is 6.78. The van der Waals surface area contributed by atoms with Crippen LogP contribution in [0.3, 0.4) is 0 Å². The molecule has 0 amide bonds. The first kappa shape index (κ1) is 22.1. The molecule has 7 nitrogen and oxygen atoms in total. The Kier molecular flexibility index (Phi) is 8.69. The van der Waals surface area contributed by atoms with E-state index in [9.17, 15) is 8.42 Å². The molecule has 0 aliphatic carbocycles. The molecular formula is C20H29N3O4S. The van der Waals surface area contributed by atoms with Gasteiger partial charge in [0.1, 0.15) is 11.5 Å². The average Bonchev–Trinajstić information content (AvgIpc) is 2.68. The number of pyridine rings is 1. The van der Waals surface area contributed by atoms with Gasteiger partial charge in [-0.05, 0) is 55.7 Å². The summed E-state index contributed by atoms with van der Waals surface area (Å²) < 4.78 is 40.3. The molecule has 0 unspecified atom stereocenters. The number of hydrogen-bond acceptors (Lipinski definition) is 5. The van der Waals surface area contributed by atoms with E-state index in [-0.39, 0.29) is 6.54 Å². The van der Waals surface area contributed by atoms with Crippen molar-refractivity contribution in [2.45, 2.75) is 40.2 Å². The lowest BCUT2D eigenvalue weighted by atomic mass is 10.3. The molecule has 0 fully saturated rings. The van der Waals surface area contributed by atoms with Crippen molar-refractivity contribution in [3.05, 3.63) is 48.2 Å². The average molecular weight is 408 g/mol. The molecule has 154 valence electrons. The van der Waals surface area contributed by atoms with Gasteiger partial charge in [0.05, 0.1) is 6.61 Å². The maximum atomic E-state index is 12.5. The van der Waals surface area contributed by atoms with Gasteiger partial charge >= 0.3 is 0 Å². The van der Waals surface area contributed by atoms with Gasteiger partial charge in [0.15, 0.2) is 0 Å². The van der Waals surface area contributed by atoms with Gasteiger partial charge < -0.3 is 9.47 Å². The van der Waals surface area contributed by atoms with E-state index in [1.54, 1.807) is 30.5 Å². The fourth-order valence-corrected chi connectivity index (χ4v) is 4.00. The van der Waals surface area contributed by atoms with Gasteiger partial charge in [0.2, 0.25) is 5.88 Å². The zero-order valence-electron chi connectivity index (χ0n) is 16.7. The van der Waals surface area contributed by atoms with Crippen molar-refractivity contribution in [3.63, 3.8) is 0 Å². The van der Waals surface area contributed by atoms with Crippen LogP contribution in [-0.4, -0.2) is 37.4 Å². The maximum Gasteiger partial charge on any atom is 0.279 e.